The van der Waals surface area contributed by atoms with Crippen molar-refractivity contribution >= 4 is 11.9 Å². The molecule has 22 heavy (non-hydrogen) atoms. The molecular formula is C15H24N2O5. The number of β-lactam (4-membered cyclic amide) rings is 1. The van der Waals surface area contributed by atoms with Crippen LogP contribution in [0.1, 0.15) is 33.6 Å². The molecule has 0 aromatic heterocycles. The molecule has 3 atom stereocenters. The van der Waals surface area contributed by atoms with Gasteiger partial charge in [0, 0.05) is 6.92 Å². The van der Waals surface area contributed by atoms with E-state index in [1.165, 1.54) is 11.8 Å². The smallest absolute Gasteiger partial charge is 0.302 e. The van der Waals surface area contributed by atoms with Crippen LogP contribution in [0.15, 0.2) is 11.3 Å². The second-order valence-corrected chi connectivity index (χ2v) is 6.19. The molecular weight excluding hydrogens is 288 g/mol. The first-order chi connectivity index (χ1) is 10.3. The van der Waals surface area contributed by atoms with Gasteiger partial charge in [0.1, 0.15) is 12.6 Å². The number of hydrogen-bond acceptors (Lipinski definition) is 6. The van der Waals surface area contributed by atoms with Gasteiger partial charge in [-0.2, -0.15) is 0 Å². The molecule has 0 saturated carbocycles. The van der Waals surface area contributed by atoms with Gasteiger partial charge in [-0.15, -0.1) is 0 Å². The summed E-state index contributed by atoms with van der Waals surface area (Å²) in [6.07, 6.45) is 0.101. The molecule has 7 nitrogen and oxygen atoms in total. The van der Waals surface area contributed by atoms with Crippen molar-refractivity contribution in [2.75, 3.05) is 13.2 Å². The van der Waals surface area contributed by atoms with Crippen LogP contribution in [0, 0.1) is 5.92 Å². The zero-order chi connectivity index (χ0) is 16.4. The molecule has 7 heteroatoms. The molecule has 1 fully saturated rings. The molecule has 1 unspecified atom stereocenters. The fraction of sp³-hybridized carbons (Fsp3) is 0.733. The van der Waals surface area contributed by atoms with Gasteiger partial charge in [-0.3, -0.25) is 9.59 Å². The van der Waals surface area contributed by atoms with E-state index in [2.05, 4.69) is 0 Å². The minimum absolute atomic E-state index is 0.0541. The Morgan fingerprint density at radius 3 is 2.77 bits per heavy atom. The fourth-order valence-corrected chi connectivity index (χ4v) is 2.78. The molecule has 0 radical (unpaired) electrons. The predicted molar refractivity (Wildman–Crippen MR) is 78.3 cm³/mol. The maximum atomic E-state index is 12.0. The highest BCUT2D eigenvalue weighted by Crippen LogP contribution is 2.37. The van der Waals surface area contributed by atoms with Crippen molar-refractivity contribution in [3.63, 3.8) is 0 Å². The Balaban J connectivity index is 2.20. The van der Waals surface area contributed by atoms with E-state index in [-0.39, 0.29) is 24.5 Å². The van der Waals surface area contributed by atoms with Crippen molar-refractivity contribution < 1.29 is 24.2 Å². The number of aliphatic hydroxyl groups excluding tert-OH is 1. The van der Waals surface area contributed by atoms with Gasteiger partial charge in [0.2, 0.25) is 5.91 Å². The molecule has 2 heterocycles. The zero-order valence-electron chi connectivity index (χ0n) is 13.2. The quantitative estimate of drug-likeness (QED) is 0.410. The number of nitrogens with two attached hydrogens (primary N) is 1. The number of esters is 1. The lowest BCUT2D eigenvalue weighted by Crippen LogP contribution is -2.70. The van der Waals surface area contributed by atoms with E-state index in [0.717, 1.165) is 0 Å². The molecule has 124 valence electrons. The first-order valence-corrected chi connectivity index (χ1v) is 7.56. The van der Waals surface area contributed by atoms with Crippen LogP contribution in [0.4, 0.5) is 0 Å². The van der Waals surface area contributed by atoms with Crippen LogP contribution in [-0.4, -0.2) is 53.5 Å². The predicted octanol–water partition coefficient (Wildman–Crippen LogP) is 0.127. The summed E-state index contributed by atoms with van der Waals surface area (Å²) in [5.41, 5.74) is 6.91. The molecule has 0 aromatic carbocycles. The second-order valence-electron chi connectivity index (χ2n) is 6.19. The number of nitrogens with zero attached hydrogens (tertiary/aromatic N) is 1. The topological polar surface area (TPSA) is 102 Å². The average molecular weight is 312 g/mol. The van der Waals surface area contributed by atoms with Gasteiger partial charge in [0.25, 0.3) is 0 Å². The summed E-state index contributed by atoms with van der Waals surface area (Å²) in [5, 5.41) is 10.3. The largest absolute Gasteiger partial charge is 0.461 e. The summed E-state index contributed by atoms with van der Waals surface area (Å²) in [5.74, 6) is -0.383. The Hall–Kier alpha value is -1.44. The highest BCUT2D eigenvalue weighted by Gasteiger charge is 2.50. The van der Waals surface area contributed by atoms with E-state index in [0.29, 0.717) is 30.7 Å². The second kappa shape index (κ2) is 6.76. The van der Waals surface area contributed by atoms with Crippen LogP contribution >= 0.6 is 0 Å². The third kappa shape index (κ3) is 3.31. The van der Waals surface area contributed by atoms with Crippen molar-refractivity contribution in [2.24, 2.45) is 11.7 Å². The van der Waals surface area contributed by atoms with Gasteiger partial charge in [0.05, 0.1) is 18.3 Å². The van der Waals surface area contributed by atoms with Gasteiger partial charge >= 0.3 is 5.97 Å². The lowest BCUT2D eigenvalue weighted by Gasteiger charge is -2.50. The highest BCUT2D eigenvalue weighted by atomic mass is 16.6. The normalized spacial score (nSPS) is 25.9. The van der Waals surface area contributed by atoms with Crippen molar-refractivity contribution in [2.45, 2.75) is 52.0 Å². The van der Waals surface area contributed by atoms with E-state index in [4.69, 9.17) is 15.2 Å². The highest BCUT2D eigenvalue weighted by molar-refractivity contribution is 5.91. The summed E-state index contributed by atoms with van der Waals surface area (Å²) >= 11 is 0. The molecule has 0 spiro atoms. The first-order valence-electron chi connectivity index (χ1n) is 7.56. The van der Waals surface area contributed by atoms with Crippen LogP contribution in [0.5, 0.6) is 0 Å². The van der Waals surface area contributed by atoms with E-state index >= 15 is 0 Å². The van der Waals surface area contributed by atoms with E-state index in [1.54, 1.807) is 0 Å². The fourth-order valence-electron chi connectivity index (χ4n) is 2.78. The maximum Gasteiger partial charge on any atom is 0.302 e. The SMILES string of the molecule is CC(=O)OCC1=C(C(O)OCC(C)C)N2C(=O)[C@@H](N)[C@H]2CC1. The Morgan fingerprint density at radius 1 is 1.50 bits per heavy atom. The molecule has 0 bridgehead atoms. The summed E-state index contributed by atoms with van der Waals surface area (Å²) in [7, 11) is 0. The first kappa shape index (κ1) is 16.9. The average Bonchev–Trinajstić information content (AvgIpc) is 2.48. The van der Waals surface area contributed by atoms with Crippen molar-refractivity contribution in [1.82, 2.24) is 4.90 Å². The zero-order valence-corrected chi connectivity index (χ0v) is 13.2. The Labute approximate surface area is 130 Å². The Morgan fingerprint density at radius 2 is 2.18 bits per heavy atom. The van der Waals surface area contributed by atoms with E-state index in [1.807, 2.05) is 13.8 Å². The summed E-state index contributed by atoms with van der Waals surface area (Å²) < 4.78 is 10.5. The van der Waals surface area contributed by atoms with Crippen LogP contribution < -0.4 is 5.73 Å². The summed E-state index contributed by atoms with van der Waals surface area (Å²) in [4.78, 5) is 24.5. The minimum Gasteiger partial charge on any atom is -0.461 e. The van der Waals surface area contributed by atoms with Crippen molar-refractivity contribution in [3.8, 4) is 0 Å². The van der Waals surface area contributed by atoms with Crippen LogP contribution in [0.2, 0.25) is 0 Å². The molecule has 1 saturated heterocycles. The summed E-state index contributed by atoms with van der Waals surface area (Å²) in [6.45, 7) is 5.68. The minimum atomic E-state index is -1.22. The van der Waals surface area contributed by atoms with E-state index in [9.17, 15) is 14.7 Å². The van der Waals surface area contributed by atoms with Gasteiger partial charge in [-0.25, -0.2) is 0 Å². The Bertz CT molecular complexity index is 488. The number of aliphatic hydroxyl groups is 1. The lowest BCUT2D eigenvalue weighted by atomic mass is 9.84. The molecule has 2 rings (SSSR count). The van der Waals surface area contributed by atoms with Crippen molar-refractivity contribution in [1.29, 1.82) is 0 Å². The van der Waals surface area contributed by atoms with Gasteiger partial charge in [-0.05, 0) is 24.3 Å². The summed E-state index contributed by atoms with van der Waals surface area (Å²) in [6, 6.07) is -0.636. The van der Waals surface area contributed by atoms with Crippen LogP contribution in [0.3, 0.4) is 0 Å². The van der Waals surface area contributed by atoms with Gasteiger partial charge in [-0.1, -0.05) is 13.8 Å². The standard InChI is InChI=1S/C15H24N2O5/c1-8(2)6-22-15(20)13-10(7-21-9(3)18)4-5-11-12(16)14(19)17(11)13/h8,11-12,15,20H,4-7,16H2,1-3H3/t11-,12+,15?/m1/s1. The number of hydrogen-bond donors (Lipinski definition) is 2. The molecule has 1 amide bonds. The maximum absolute atomic E-state index is 12.0. The monoisotopic (exact) mass is 312 g/mol. The molecule has 2 aliphatic rings. The molecule has 2 aliphatic heterocycles. The van der Waals surface area contributed by atoms with Gasteiger partial charge < -0.3 is 25.2 Å². The number of rotatable bonds is 6. The van der Waals surface area contributed by atoms with E-state index < -0.39 is 18.3 Å². The number of ether oxygens (including phenoxy) is 2. The Kier molecular flexibility index (Phi) is 5.20. The lowest BCUT2D eigenvalue weighted by molar-refractivity contribution is -0.157. The number of fused-ring (bicyclic) bond motifs is 1. The number of carbonyl (C=O) groups excluding carboxylic acids is 2. The van der Waals surface area contributed by atoms with Crippen molar-refractivity contribution in [3.05, 3.63) is 11.3 Å². The van der Waals surface area contributed by atoms with Crippen LogP contribution in [-0.2, 0) is 19.1 Å². The van der Waals surface area contributed by atoms with Crippen LogP contribution in [0.25, 0.3) is 0 Å². The molecule has 3 N–H and O–H groups in total. The third-order valence-electron chi connectivity index (χ3n) is 3.90. The van der Waals surface area contributed by atoms with Gasteiger partial charge in [0.15, 0.2) is 6.29 Å². The number of carbonyl (C=O) groups is 2. The third-order valence-corrected chi connectivity index (χ3v) is 3.90. The molecule has 0 aromatic rings. The molecule has 0 aliphatic carbocycles. The number of amides is 1.